The Hall–Kier alpha value is -0.750. The molecule has 0 bridgehead atoms. The van der Waals surface area contributed by atoms with Crippen molar-refractivity contribution in [1.29, 1.82) is 0 Å². The lowest BCUT2D eigenvalue weighted by molar-refractivity contribution is 0.412. The normalized spacial score (nSPS) is 11.4. The zero-order valence-electron chi connectivity index (χ0n) is 9.76. The molecule has 0 amide bonds. The maximum absolute atomic E-state index is 5.76. The van der Waals surface area contributed by atoms with Crippen LogP contribution in [0.3, 0.4) is 0 Å². The fraction of sp³-hybridized carbons (Fsp3) is 0.364. The van der Waals surface area contributed by atoms with E-state index >= 15 is 0 Å². The van der Waals surface area contributed by atoms with Crippen LogP contribution in [0.2, 0.25) is 0 Å². The van der Waals surface area contributed by atoms with E-state index in [-0.39, 0.29) is 0 Å². The third kappa shape index (κ3) is 4.20. The summed E-state index contributed by atoms with van der Waals surface area (Å²) in [6.45, 7) is 2.76. The van der Waals surface area contributed by atoms with Crippen LogP contribution in [0, 0.1) is 0 Å². The quantitative estimate of drug-likeness (QED) is 0.636. The van der Waals surface area contributed by atoms with Crippen LogP contribution in [0.1, 0.15) is 13.3 Å². The van der Waals surface area contributed by atoms with Crippen LogP contribution >= 0.6 is 31.9 Å². The molecule has 0 aliphatic heterocycles. The van der Waals surface area contributed by atoms with Gasteiger partial charge in [0.05, 0.1) is 17.3 Å². The van der Waals surface area contributed by atoms with Crippen molar-refractivity contribution in [3.8, 4) is 5.75 Å². The van der Waals surface area contributed by atoms with Crippen molar-refractivity contribution < 1.29 is 4.74 Å². The number of aliphatic imine (C=N–C) groups is 1. The topological polar surface area (TPSA) is 59.6 Å². The summed E-state index contributed by atoms with van der Waals surface area (Å²) in [6.07, 6.45) is 0.965. The average Bonchev–Trinajstić information content (AvgIpc) is 2.30. The van der Waals surface area contributed by atoms with E-state index in [0.29, 0.717) is 12.5 Å². The number of benzene rings is 1. The van der Waals surface area contributed by atoms with E-state index in [1.807, 2.05) is 12.1 Å². The van der Waals surface area contributed by atoms with Gasteiger partial charge in [0.15, 0.2) is 5.96 Å². The van der Waals surface area contributed by atoms with Crippen molar-refractivity contribution in [1.82, 2.24) is 0 Å². The van der Waals surface area contributed by atoms with E-state index in [1.54, 1.807) is 7.11 Å². The van der Waals surface area contributed by atoms with Crippen LogP contribution in [0.25, 0.3) is 0 Å². The molecule has 0 saturated heterocycles. The summed E-state index contributed by atoms with van der Waals surface area (Å²) >= 11 is 6.85. The van der Waals surface area contributed by atoms with E-state index in [0.717, 1.165) is 26.8 Å². The van der Waals surface area contributed by atoms with Gasteiger partial charge in [0.25, 0.3) is 0 Å². The molecule has 0 spiro atoms. The monoisotopic (exact) mass is 363 g/mol. The number of anilines is 1. The second-order valence-electron chi connectivity index (χ2n) is 3.36. The molecule has 0 heterocycles. The first-order valence-corrected chi connectivity index (χ1v) is 6.77. The molecular formula is C11H15Br2N3O. The summed E-state index contributed by atoms with van der Waals surface area (Å²) in [5, 5.41) is 3.03. The van der Waals surface area contributed by atoms with Crippen LogP contribution in [0.15, 0.2) is 26.1 Å². The molecule has 0 aromatic heterocycles. The van der Waals surface area contributed by atoms with Crippen molar-refractivity contribution in [2.45, 2.75) is 13.3 Å². The van der Waals surface area contributed by atoms with Gasteiger partial charge in [-0.1, -0.05) is 6.92 Å². The first-order chi connectivity index (χ1) is 8.08. The predicted molar refractivity (Wildman–Crippen MR) is 78.8 cm³/mol. The number of ether oxygens (including phenoxy) is 1. The van der Waals surface area contributed by atoms with Gasteiger partial charge in [-0.15, -0.1) is 0 Å². The molecule has 1 rings (SSSR count). The van der Waals surface area contributed by atoms with Gasteiger partial charge in [-0.2, -0.15) is 0 Å². The minimum atomic E-state index is 0.400. The van der Waals surface area contributed by atoms with Gasteiger partial charge in [-0.25, -0.2) is 0 Å². The fourth-order valence-corrected chi connectivity index (χ4v) is 2.45. The number of halogens is 2. The van der Waals surface area contributed by atoms with Crippen molar-refractivity contribution in [2.75, 3.05) is 19.0 Å². The number of hydrogen-bond donors (Lipinski definition) is 2. The molecule has 0 aliphatic carbocycles. The van der Waals surface area contributed by atoms with Crippen molar-refractivity contribution in [2.24, 2.45) is 10.7 Å². The van der Waals surface area contributed by atoms with Gasteiger partial charge in [0.2, 0.25) is 0 Å². The third-order valence-corrected chi connectivity index (χ3v) is 3.29. The highest BCUT2D eigenvalue weighted by atomic mass is 79.9. The number of nitrogens with two attached hydrogens (primary N) is 1. The highest BCUT2D eigenvalue weighted by Gasteiger charge is 2.07. The van der Waals surface area contributed by atoms with Crippen molar-refractivity contribution in [3.05, 3.63) is 21.1 Å². The number of nitrogens with zero attached hydrogens (tertiary/aromatic N) is 1. The lowest BCUT2D eigenvalue weighted by Crippen LogP contribution is -2.23. The summed E-state index contributed by atoms with van der Waals surface area (Å²) < 4.78 is 6.98. The average molecular weight is 365 g/mol. The molecule has 0 fully saturated rings. The second kappa shape index (κ2) is 6.86. The summed E-state index contributed by atoms with van der Waals surface area (Å²) in [5.74, 6) is 1.14. The molecule has 0 unspecified atom stereocenters. The smallest absolute Gasteiger partial charge is 0.193 e. The summed E-state index contributed by atoms with van der Waals surface area (Å²) in [6, 6.07) is 3.75. The van der Waals surface area contributed by atoms with Crippen LogP contribution in [-0.4, -0.2) is 19.6 Å². The van der Waals surface area contributed by atoms with E-state index in [1.165, 1.54) is 0 Å². The standard InChI is InChI=1S/C11H15Br2N3O/c1-3-4-15-11(14)16-9-6-10(17-2)8(13)5-7(9)12/h5-6H,3-4H2,1-2H3,(H3,14,15,16). The molecule has 4 nitrogen and oxygen atoms in total. The number of methoxy groups -OCH3 is 1. The van der Waals surface area contributed by atoms with Gasteiger partial charge in [0.1, 0.15) is 5.75 Å². The number of hydrogen-bond acceptors (Lipinski definition) is 2. The van der Waals surface area contributed by atoms with E-state index in [9.17, 15) is 0 Å². The molecule has 1 aromatic carbocycles. The molecule has 3 N–H and O–H groups in total. The first kappa shape index (κ1) is 14.3. The van der Waals surface area contributed by atoms with E-state index < -0.39 is 0 Å². The molecule has 94 valence electrons. The minimum Gasteiger partial charge on any atom is -0.495 e. The van der Waals surface area contributed by atoms with Crippen LogP contribution in [0.4, 0.5) is 5.69 Å². The Morgan fingerprint density at radius 2 is 2.12 bits per heavy atom. The number of guanidine groups is 1. The maximum Gasteiger partial charge on any atom is 0.193 e. The van der Waals surface area contributed by atoms with Crippen LogP contribution < -0.4 is 15.8 Å². The van der Waals surface area contributed by atoms with E-state index in [4.69, 9.17) is 10.5 Å². The molecule has 1 aromatic rings. The van der Waals surface area contributed by atoms with E-state index in [2.05, 4.69) is 49.1 Å². The van der Waals surface area contributed by atoms with Crippen LogP contribution in [-0.2, 0) is 0 Å². The van der Waals surface area contributed by atoms with Gasteiger partial charge >= 0.3 is 0 Å². The van der Waals surface area contributed by atoms with Crippen molar-refractivity contribution >= 4 is 43.5 Å². The summed E-state index contributed by atoms with van der Waals surface area (Å²) in [5.41, 5.74) is 6.58. The predicted octanol–water partition coefficient (Wildman–Crippen LogP) is 3.36. The number of rotatable bonds is 4. The first-order valence-electron chi connectivity index (χ1n) is 5.18. The fourth-order valence-electron chi connectivity index (χ4n) is 1.19. The molecule has 0 saturated carbocycles. The van der Waals surface area contributed by atoms with Gasteiger partial charge < -0.3 is 15.8 Å². The van der Waals surface area contributed by atoms with Gasteiger partial charge in [-0.05, 0) is 44.3 Å². The lowest BCUT2D eigenvalue weighted by Gasteiger charge is -2.11. The zero-order valence-corrected chi connectivity index (χ0v) is 12.9. The Morgan fingerprint density at radius 1 is 1.41 bits per heavy atom. The summed E-state index contributed by atoms with van der Waals surface area (Å²) in [4.78, 5) is 4.17. The SMILES string of the molecule is CCCN=C(N)Nc1cc(OC)c(Br)cc1Br. The molecule has 0 aliphatic rings. The summed E-state index contributed by atoms with van der Waals surface area (Å²) in [7, 11) is 1.62. The molecule has 0 atom stereocenters. The Kier molecular flexibility index (Phi) is 5.77. The number of nitrogens with one attached hydrogen (secondary N) is 1. The Morgan fingerprint density at radius 3 is 2.71 bits per heavy atom. The molecular weight excluding hydrogens is 350 g/mol. The molecule has 0 radical (unpaired) electrons. The zero-order chi connectivity index (χ0) is 12.8. The Labute approximate surface area is 118 Å². The Balaban J connectivity index is 2.91. The lowest BCUT2D eigenvalue weighted by atomic mass is 10.3. The third-order valence-electron chi connectivity index (χ3n) is 2.01. The highest BCUT2D eigenvalue weighted by molar-refractivity contribution is 9.11. The van der Waals surface area contributed by atoms with Crippen LogP contribution in [0.5, 0.6) is 5.75 Å². The second-order valence-corrected chi connectivity index (χ2v) is 5.07. The van der Waals surface area contributed by atoms with Gasteiger partial charge in [0, 0.05) is 17.1 Å². The highest BCUT2D eigenvalue weighted by Crippen LogP contribution is 2.34. The molecule has 6 heteroatoms. The molecule has 17 heavy (non-hydrogen) atoms. The minimum absolute atomic E-state index is 0.400. The largest absolute Gasteiger partial charge is 0.495 e. The Bertz CT molecular complexity index is 421. The van der Waals surface area contributed by atoms with Crippen molar-refractivity contribution in [3.63, 3.8) is 0 Å². The maximum atomic E-state index is 5.76. The van der Waals surface area contributed by atoms with Gasteiger partial charge in [-0.3, -0.25) is 4.99 Å².